The minimum Gasteiger partial charge on any atom is -0.309 e. The first-order chi connectivity index (χ1) is 24.8. The van der Waals surface area contributed by atoms with Gasteiger partial charge in [0.05, 0.1) is 27.8 Å². The minimum absolute atomic E-state index is 0.647. The van der Waals surface area contributed by atoms with Crippen LogP contribution in [0.1, 0.15) is 0 Å². The van der Waals surface area contributed by atoms with E-state index in [0.717, 1.165) is 33.5 Å². The number of nitrogens with zero attached hydrogens (tertiary/aromatic N) is 4. The largest absolute Gasteiger partial charge is 0.309 e. The summed E-state index contributed by atoms with van der Waals surface area (Å²) in [7, 11) is 0. The molecule has 3 aromatic heterocycles. The number of hydrogen-bond donors (Lipinski definition) is 0. The molecular formula is C46H30N4. The van der Waals surface area contributed by atoms with Crippen molar-refractivity contribution < 1.29 is 0 Å². The van der Waals surface area contributed by atoms with Gasteiger partial charge < -0.3 is 4.57 Å². The molecule has 10 rings (SSSR count). The van der Waals surface area contributed by atoms with E-state index in [1.54, 1.807) is 0 Å². The highest BCUT2D eigenvalue weighted by Gasteiger charge is 2.19. The Hall–Kier alpha value is -6.78. The van der Waals surface area contributed by atoms with Crippen LogP contribution >= 0.6 is 0 Å². The first-order valence-corrected chi connectivity index (χ1v) is 16.9. The maximum Gasteiger partial charge on any atom is 0.235 e. The van der Waals surface area contributed by atoms with Crippen LogP contribution in [0.4, 0.5) is 0 Å². The van der Waals surface area contributed by atoms with Crippen LogP contribution in [-0.4, -0.2) is 19.1 Å². The third-order valence-corrected chi connectivity index (χ3v) is 9.83. The number of fused-ring (bicyclic) bond motifs is 6. The van der Waals surface area contributed by atoms with E-state index in [1.807, 2.05) is 12.3 Å². The van der Waals surface area contributed by atoms with Gasteiger partial charge in [0, 0.05) is 39.0 Å². The SMILES string of the molecule is c1ccc(-c2ccccc2-c2ccc(-c3ccnc(-n4c5ccccc5c5cc6c7ccccc7n(-c7ccccc7)c6cc54)n3)cc2)cc1. The Kier molecular flexibility index (Phi) is 6.46. The summed E-state index contributed by atoms with van der Waals surface area (Å²) in [5.74, 6) is 0.647. The molecular weight excluding hydrogens is 609 g/mol. The summed E-state index contributed by atoms with van der Waals surface area (Å²) in [6.45, 7) is 0. The Morgan fingerprint density at radius 1 is 0.360 bits per heavy atom. The fourth-order valence-electron chi connectivity index (χ4n) is 7.54. The molecule has 4 nitrogen and oxygen atoms in total. The molecule has 234 valence electrons. The normalized spacial score (nSPS) is 11.6. The van der Waals surface area contributed by atoms with Crippen molar-refractivity contribution in [3.8, 4) is 45.1 Å². The van der Waals surface area contributed by atoms with Gasteiger partial charge in [-0.15, -0.1) is 0 Å². The quantitative estimate of drug-likeness (QED) is 0.188. The average molecular weight is 639 g/mol. The van der Waals surface area contributed by atoms with Crippen LogP contribution in [0.5, 0.6) is 0 Å². The first-order valence-electron chi connectivity index (χ1n) is 16.9. The second-order valence-corrected chi connectivity index (χ2v) is 12.7. The Bertz CT molecular complexity index is 2850. The lowest BCUT2D eigenvalue weighted by atomic mass is 9.94. The summed E-state index contributed by atoms with van der Waals surface area (Å²) in [5.41, 5.74) is 12.3. The Balaban J connectivity index is 1.13. The van der Waals surface area contributed by atoms with Crippen LogP contribution in [-0.2, 0) is 0 Å². The van der Waals surface area contributed by atoms with E-state index in [1.165, 1.54) is 49.3 Å². The van der Waals surface area contributed by atoms with Crippen LogP contribution in [0.2, 0.25) is 0 Å². The molecule has 3 heterocycles. The zero-order valence-corrected chi connectivity index (χ0v) is 27.1. The van der Waals surface area contributed by atoms with Crippen LogP contribution in [0, 0.1) is 0 Å². The lowest BCUT2D eigenvalue weighted by Crippen LogP contribution is -2.02. The van der Waals surface area contributed by atoms with Crippen molar-refractivity contribution in [1.29, 1.82) is 0 Å². The zero-order valence-electron chi connectivity index (χ0n) is 27.1. The topological polar surface area (TPSA) is 35.6 Å². The van der Waals surface area contributed by atoms with E-state index in [0.29, 0.717) is 5.95 Å². The van der Waals surface area contributed by atoms with Crippen molar-refractivity contribution in [2.75, 3.05) is 0 Å². The summed E-state index contributed by atoms with van der Waals surface area (Å²) in [6.07, 6.45) is 1.87. The molecule has 4 heteroatoms. The lowest BCUT2D eigenvalue weighted by Gasteiger charge is -2.12. The van der Waals surface area contributed by atoms with Crippen molar-refractivity contribution in [3.63, 3.8) is 0 Å². The van der Waals surface area contributed by atoms with Gasteiger partial charge in [-0.05, 0) is 64.7 Å². The molecule has 0 bridgehead atoms. The van der Waals surface area contributed by atoms with Gasteiger partial charge in [0.25, 0.3) is 0 Å². The molecule has 10 aromatic rings. The van der Waals surface area contributed by atoms with Gasteiger partial charge in [-0.1, -0.05) is 133 Å². The van der Waals surface area contributed by atoms with Crippen molar-refractivity contribution in [3.05, 3.63) is 182 Å². The molecule has 0 saturated heterocycles. The van der Waals surface area contributed by atoms with Crippen molar-refractivity contribution in [1.82, 2.24) is 19.1 Å². The van der Waals surface area contributed by atoms with Gasteiger partial charge in [0.15, 0.2) is 0 Å². The Labute approximate surface area is 289 Å². The molecule has 0 aliphatic carbocycles. The van der Waals surface area contributed by atoms with E-state index in [-0.39, 0.29) is 0 Å². The molecule has 0 radical (unpaired) electrons. The van der Waals surface area contributed by atoms with Gasteiger partial charge in [-0.2, -0.15) is 0 Å². The molecule has 0 spiro atoms. The van der Waals surface area contributed by atoms with Crippen molar-refractivity contribution in [2.45, 2.75) is 0 Å². The maximum atomic E-state index is 5.20. The predicted octanol–water partition coefficient (Wildman–Crippen LogP) is 11.7. The van der Waals surface area contributed by atoms with Gasteiger partial charge >= 0.3 is 0 Å². The van der Waals surface area contributed by atoms with Gasteiger partial charge in [0.1, 0.15) is 0 Å². The second kappa shape index (κ2) is 11.4. The molecule has 0 saturated carbocycles. The van der Waals surface area contributed by atoms with Gasteiger partial charge in [-0.3, -0.25) is 4.57 Å². The lowest BCUT2D eigenvalue weighted by molar-refractivity contribution is 0.992. The van der Waals surface area contributed by atoms with Gasteiger partial charge in [-0.25, -0.2) is 9.97 Å². The first kappa shape index (κ1) is 28.3. The summed E-state index contributed by atoms with van der Waals surface area (Å²) < 4.78 is 4.58. The second-order valence-electron chi connectivity index (χ2n) is 12.7. The summed E-state index contributed by atoms with van der Waals surface area (Å²) in [6, 6.07) is 62.3. The number of para-hydroxylation sites is 3. The third kappa shape index (κ3) is 4.46. The van der Waals surface area contributed by atoms with Crippen LogP contribution in [0.3, 0.4) is 0 Å². The summed E-state index contributed by atoms with van der Waals surface area (Å²) in [5, 5.41) is 4.82. The van der Waals surface area contributed by atoms with E-state index in [9.17, 15) is 0 Å². The predicted molar refractivity (Wildman–Crippen MR) is 207 cm³/mol. The van der Waals surface area contributed by atoms with Gasteiger partial charge in [0.2, 0.25) is 5.95 Å². The van der Waals surface area contributed by atoms with E-state index in [4.69, 9.17) is 9.97 Å². The van der Waals surface area contributed by atoms with Crippen molar-refractivity contribution >= 4 is 43.6 Å². The Morgan fingerprint density at radius 2 is 0.880 bits per heavy atom. The molecule has 0 unspecified atom stereocenters. The highest BCUT2D eigenvalue weighted by Crippen LogP contribution is 2.39. The number of rotatable bonds is 5. The Morgan fingerprint density at radius 3 is 1.56 bits per heavy atom. The molecule has 0 fully saturated rings. The van der Waals surface area contributed by atoms with Crippen LogP contribution < -0.4 is 0 Å². The number of benzene rings is 7. The van der Waals surface area contributed by atoms with Crippen LogP contribution in [0.15, 0.2) is 182 Å². The van der Waals surface area contributed by atoms with E-state index >= 15 is 0 Å². The third-order valence-electron chi connectivity index (χ3n) is 9.83. The van der Waals surface area contributed by atoms with E-state index in [2.05, 4.69) is 179 Å². The fourth-order valence-corrected chi connectivity index (χ4v) is 7.54. The molecule has 0 atom stereocenters. The fraction of sp³-hybridized carbons (Fsp3) is 0. The van der Waals surface area contributed by atoms with Crippen molar-refractivity contribution in [2.24, 2.45) is 0 Å². The summed E-state index contributed by atoms with van der Waals surface area (Å²) >= 11 is 0. The minimum atomic E-state index is 0.647. The molecule has 0 amide bonds. The zero-order chi connectivity index (χ0) is 33.0. The molecule has 0 aliphatic heterocycles. The maximum absolute atomic E-state index is 5.20. The molecule has 0 aliphatic rings. The standard InChI is InChI=1S/C46H30N4/c1-3-13-31(14-4-1)35-17-7-8-18-36(35)32-23-25-33(26-24-32)41-27-28-47-46(48-41)50-43-22-12-10-20-38(43)40-29-39-37-19-9-11-21-42(37)49(44(39)30-45(40)50)34-15-5-2-6-16-34/h1-30H. The molecule has 7 aromatic carbocycles. The van der Waals surface area contributed by atoms with Crippen LogP contribution in [0.25, 0.3) is 88.8 Å². The number of hydrogen-bond acceptors (Lipinski definition) is 2. The summed E-state index contributed by atoms with van der Waals surface area (Å²) in [4.78, 5) is 10.1. The highest BCUT2D eigenvalue weighted by molar-refractivity contribution is 6.19. The molecule has 50 heavy (non-hydrogen) atoms. The average Bonchev–Trinajstić information content (AvgIpc) is 3.70. The smallest absolute Gasteiger partial charge is 0.235 e. The van der Waals surface area contributed by atoms with E-state index < -0.39 is 0 Å². The monoisotopic (exact) mass is 638 g/mol. The highest BCUT2D eigenvalue weighted by atomic mass is 15.2. The number of aromatic nitrogens is 4. The molecule has 0 N–H and O–H groups in total.